The lowest BCUT2D eigenvalue weighted by atomic mass is 9.97. The molecule has 2 aromatic heterocycles. The molecule has 0 spiro atoms. The van der Waals surface area contributed by atoms with Gasteiger partial charge < -0.3 is 9.64 Å². The van der Waals surface area contributed by atoms with Gasteiger partial charge in [-0.05, 0) is 62.8 Å². The van der Waals surface area contributed by atoms with Crippen molar-refractivity contribution in [1.82, 2.24) is 14.5 Å². The van der Waals surface area contributed by atoms with Crippen molar-refractivity contribution in [3.8, 4) is 0 Å². The molecule has 2 atom stereocenters. The molecule has 1 amide bonds. The molecule has 2 saturated heterocycles. The molecule has 2 fully saturated rings. The number of nitrogens with zero attached hydrogens (tertiary/aromatic N) is 3. The zero-order valence-corrected chi connectivity index (χ0v) is 19.9. The van der Waals surface area contributed by atoms with Crippen LogP contribution in [0.15, 0.2) is 9.95 Å². The number of carbonyl (C=O) groups excluding carboxylic acids is 1. The number of carbonyl (C=O) groups is 1. The van der Waals surface area contributed by atoms with Gasteiger partial charge in [0, 0.05) is 24.6 Å². The molecule has 0 bridgehead atoms. The zero-order chi connectivity index (χ0) is 21.4. The Hall–Kier alpha value is -1.38. The number of likely N-dealkylation sites (tertiary alicyclic amines) is 1. The summed E-state index contributed by atoms with van der Waals surface area (Å²) in [6.07, 6.45) is 8.70. The first-order valence-electron chi connectivity index (χ1n) is 11.7. The SMILES string of the molecule is CC1CCCN(C(=O)CSc2nc3sc4c(c3c(=O)n2CC2CCCO2)CCCC4)C1. The second-order valence-electron chi connectivity index (χ2n) is 9.21. The average molecular weight is 462 g/mol. The predicted molar refractivity (Wildman–Crippen MR) is 125 cm³/mol. The van der Waals surface area contributed by atoms with Crippen molar-refractivity contribution >= 4 is 39.2 Å². The quantitative estimate of drug-likeness (QED) is 0.500. The van der Waals surface area contributed by atoms with Crippen molar-refractivity contribution < 1.29 is 9.53 Å². The van der Waals surface area contributed by atoms with E-state index in [1.165, 1.54) is 35.0 Å². The van der Waals surface area contributed by atoms with Crippen LogP contribution in [-0.2, 0) is 28.9 Å². The van der Waals surface area contributed by atoms with E-state index in [9.17, 15) is 9.59 Å². The summed E-state index contributed by atoms with van der Waals surface area (Å²) >= 11 is 3.10. The summed E-state index contributed by atoms with van der Waals surface area (Å²) in [5.74, 6) is 1.05. The Bertz CT molecular complexity index is 1030. The molecule has 3 aliphatic rings. The zero-order valence-electron chi connectivity index (χ0n) is 18.2. The molecule has 0 N–H and O–H groups in total. The molecule has 168 valence electrons. The first-order chi connectivity index (χ1) is 15.1. The number of thiophene rings is 1. The van der Waals surface area contributed by atoms with Crippen LogP contribution < -0.4 is 5.56 Å². The summed E-state index contributed by atoms with van der Waals surface area (Å²) in [5.41, 5.74) is 1.28. The molecule has 2 unspecified atom stereocenters. The maximum atomic E-state index is 13.6. The number of hydrogen-bond acceptors (Lipinski definition) is 6. The molecule has 4 heterocycles. The van der Waals surface area contributed by atoms with Crippen molar-refractivity contribution in [2.75, 3.05) is 25.4 Å². The van der Waals surface area contributed by atoms with Gasteiger partial charge in [0.2, 0.25) is 5.91 Å². The van der Waals surface area contributed by atoms with E-state index in [1.54, 1.807) is 15.9 Å². The molecule has 2 aliphatic heterocycles. The highest BCUT2D eigenvalue weighted by Crippen LogP contribution is 2.35. The lowest BCUT2D eigenvalue weighted by Gasteiger charge is -2.30. The lowest BCUT2D eigenvalue weighted by molar-refractivity contribution is -0.130. The van der Waals surface area contributed by atoms with Gasteiger partial charge in [-0.2, -0.15) is 0 Å². The predicted octanol–water partition coefficient (Wildman–Crippen LogP) is 3.87. The molecule has 8 heteroatoms. The van der Waals surface area contributed by atoms with Crippen LogP contribution in [0.1, 0.15) is 55.9 Å². The monoisotopic (exact) mass is 461 g/mol. The lowest BCUT2D eigenvalue weighted by Crippen LogP contribution is -2.40. The van der Waals surface area contributed by atoms with Gasteiger partial charge in [-0.3, -0.25) is 14.2 Å². The third-order valence-corrected chi connectivity index (χ3v) is 8.93. The van der Waals surface area contributed by atoms with Crippen LogP contribution in [0.4, 0.5) is 0 Å². The van der Waals surface area contributed by atoms with Crippen LogP contribution in [0.25, 0.3) is 10.2 Å². The number of rotatable bonds is 5. The van der Waals surface area contributed by atoms with Gasteiger partial charge in [0.15, 0.2) is 5.16 Å². The highest BCUT2D eigenvalue weighted by Gasteiger charge is 2.26. The molecule has 0 radical (unpaired) electrons. The molecule has 5 rings (SSSR count). The van der Waals surface area contributed by atoms with E-state index in [0.717, 1.165) is 68.4 Å². The van der Waals surface area contributed by atoms with Crippen LogP contribution in [-0.4, -0.2) is 51.9 Å². The largest absolute Gasteiger partial charge is 0.376 e. The Morgan fingerprint density at radius 3 is 2.90 bits per heavy atom. The van der Waals surface area contributed by atoms with Crippen LogP contribution in [0.3, 0.4) is 0 Å². The molecule has 1 aliphatic carbocycles. The molecular formula is C23H31N3O3S2. The Kier molecular flexibility index (Phi) is 6.40. The van der Waals surface area contributed by atoms with Gasteiger partial charge in [0.05, 0.1) is 23.8 Å². The van der Waals surface area contributed by atoms with Crippen molar-refractivity contribution in [2.45, 2.75) is 76.1 Å². The number of amides is 1. The van der Waals surface area contributed by atoms with E-state index in [0.29, 0.717) is 23.4 Å². The van der Waals surface area contributed by atoms with Crippen molar-refractivity contribution in [3.63, 3.8) is 0 Å². The highest BCUT2D eigenvalue weighted by molar-refractivity contribution is 7.99. The summed E-state index contributed by atoms with van der Waals surface area (Å²) in [6, 6.07) is 0. The molecular weight excluding hydrogens is 430 g/mol. The molecule has 31 heavy (non-hydrogen) atoms. The first kappa shape index (κ1) is 21.5. The number of hydrogen-bond donors (Lipinski definition) is 0. The van der Waals surface area contributed by atoms with E-state index >= 15 is 0 Å². The molecule has 0 aromatic carbocycles. The topological polar surface area (TPSA) is 64.4 Å². The van der Waals surface area contributed by atoms with Gasteiger partial charge in [-0.1, -0.05) is 18.7 Å². The second kappa shape index (κ2) is 9.24. The maximum Gasteiger partial charge on any atom is 0.263 e. The minimum atomic E-state index is 0.0569. The third kappa shape index (κ3) is 4.44. The number of aromatic nitrogens is 2. The highest BCUT2D eigenvalue weighted by atomic mass is 32.2. The average Bonchev–Trinajstić information content (AvgIpc) is 3.41. The van der Waals surface area contributed by atoms with Crippen molar-refractivity contribution in [1.29, 1.82) is 0 Å². The Labute approximate surface area is 191 Å². The molecule has 0 saturated carbocycles. The number of ether oxygens (including phenoxy) is 1. The Balaban J connectivity index is 1.45. The van der Waals surface area contributed by atoms with Crippen molar-refractivity contribution in [3.05, 3.63) is 20.8 Å². The first-order valence-corrected chi connectivity index (χ1v) is 13.5. The van der Waals surface area contributed by atoms with Crippen LogP contribution >= 0.6 is 23.1 Å². The summed E-state index contributed by atoms with van der Waals surface area (Å²) in [4.78, 5) is 35.6. The summed E-state index contributed by atoms with van der Waals surface area (Å²) in [6.45, 7) is 5.18. The number of thioether (sulfide) groups is 1. The second-order valence-corrected chi connectivity index (χ2v) is 11.2. The minimum absolute atomic E-state index is 0.0569. The Morgan fingerprint density at radius 1 is 1.23 bits per heavy atom. The van der Waals surface area contributed by atoms with Crippen molar-refractivity contribution in [2.24, 2.45) is 5.92 Å². The summed E-state index contributed by atoms with van der Waals surface area (Å²) in [7, 11) is 0. The fourth-order valence-electron chi connectivity index (χ4n) is 5.12. The Morgan fingerprint density at radius 2 is 2.10 bits per heavy atom. The smallest absolute Gasteiger partial charge is 0.263 e. The standard InChI is InChI=1S/C23H31N3O3S2/c1-15-6-4-10-25(12-15)19(27)14-30-23-24-21-20(17-8-2-3-9-18(17)31-21)22(28)26(23)13-16-7-5-11-29-16/h15-16H,2-14H2,1H3. The van der Waals surface area contributed by atoms with E-state index < -0.39 is 0 Å². The minimum Gasteiger partial charge on any atom is -0.376 e. The van der Waals surface area contributed by atoms with Gasteiger partial charge in [-0.15, -0.1) is 11.3 Å². The van der Waals surface area contributed by atoms with Gasteiger partial charge in [0.25, 0.3) is 5.56 Å². The van der Waals surface area contributed by atoms with Gasteiger partial charge >= 0.3 is 0 Å². The van der Waals surface area contributed by atoms with Gasteiger partial charge in [0.1, 0.15) is 4.83 Å². The van der Waals surface area contributed by atoms with Gasteiger partial charge in [-0.25, -0.2) is 4.98 Å². The van der Waals surface area contributed by atoms with Crippen LogP contribution in [0.2, 0.25) is 0 Å². The third-order valence-electron chi connectivity index (χ3n) is 6.78. The maximum absolute atomic E-state index is 13.6. The van der Waals surface area contributed by atoms with E-state index in [4.69, 9.17) is 9.72 Å². The van der Waals surface area contributed by atoms with E-state index in [-0.39, 0.29) is 17.6 Å². The fraction of sp³-hybridized carbons (Fsp3) is 0.696. The molecule has 2 aromatic rings. The normalized spacial score (nSPS) is 24.0. The van der Waals surface area contributed by atoms with E-state index in [2.05, 4.69) is 6.92 Å². The van der Waals surface area contributed by atoms with E-state index in [1.807, 2.05) is 4.90 Å². The number of aryl methyl sites for hydroxylation is 2. The van der Waals surface area contributed by atoms with Crippen LogP contribution in [0.5, 0.6) is 0 Å². The van der Waals surface area contributed by atoms with Crippen LogP contribution in [0, 0.1) is 5.92 Å². The summed E-state index contributed by atoms with van der Waals surface area (Å²) in [5, 5.41) is 1.49. The number of piperidine rings is 1. The molecule has 6 nitrogen and oxygen atoms in total. The fourth-order valence-corrected chi connectivity index (χ4v) is 7.33. The summed E-state index contributed by atoms with van der Waals surface area (Å²) < 4.78 is 7.64. The number of fused-ring (bicyclic) bond motifs is 3.